The summed E-state index contributed by atoms with van der Waals surface area (Å²) in [6.07, 6.45) is 0.318. The molecule has 0 spiro atoms. The molecule has 4 rings (SSSR count). The summed E-state index contributed by atoms with van der Waals surface area (Å²) in [4.78, 5) is 23.6. The Morgan fingerprint density at radius 2 is 1.75 bits per heavy atom. The molecule has 1 aliphatic carbocycles. The number of rotatable bonds is 6. The third kappa shape index (κ3) is 5.51. The van der Waals surface area contributed by atoms with Crippen molar-refractivity contribution in [2.45, 2.75) is 38.0 Å². The predicted octanol–water partition coefficient (Wildman–Crippen LogP) is 5.01. The Morgan fingerprint density at radius 3 is 2.38 bits per heavy atom. The Bertz CT molecular complexity index is 1090. The maximum Gasteiger partial charge on any atom is 0.433 e. The molecule has 2 amide bonds. The van der Waals surface area contributed by atoms with Crippen LogP contribution in [0.25, 0.3) is 11.4 Å². The zero-order chi connectivity index (χ0) is 22.7. The molecule has 32 heavy (non-hydrogen) atoms. The number of pyridine rings is 1. The third-order valence-electron chi connectivity index (χ3n) is 4.90. The van der Waals surface area contributed by atoms with Crippen molar-refractivity contribution >= 4 is 17.5 Å². The van der Waals surface area contributed by atoms with Crippen LogP contribution in [-0.2, 0) is 6.18 Å². The highest BCUT2D eigenvalue weighted by Crippen LogP contribution is 2.31. The minimum Gasteiger partial charge on any atom is -0.363 e. The Kier molecular flexibility index (Phi) is 5.93. The Balaban J connectivity index is 1.50. The highest BCUT2D eigenvalue weighted by molar-refractivity contribution is 5.89. The summed E-state index contributed by atoms with van der Waals surface area (Å²) in [6.45, 7) is 1.81. The monoisotopic (exact) mass is 442 g/mol. The zero-order valence-electron chi connectivity index (χ0n) is 17.1. The molecule has 0 radical (unpaired) electrons. The maximum atomic E-state index is 13.4. The molecule has 2 aromatic heterocycles. The quantitative estimate of drug-likeness (QED) is 0.499. The fourth-order valence-corrected chi connectivity index (χ4v) is 3.04. The Hall–Kier alpha value is -3.69. The predicted molar refractivity (Wildman–Crippen MR) is 114 cm³/mol. The minimum atomic E-state index is -4.61. The lowest BCUT2D eigenvalue weighted by Gasteiger charge is -2.17. The molecule has 1 fully saturated rings. The molecule has 0 bridgehead atoms. The van der Waals surface area contributed by atoms with Crippen LogP contribution < -0.4 is 16.0 Å². The van der Waals surface area contributed by atoms with Gasteiger partial charge in [-0.05, 0) is 49.6 Å². The summed E-state index contributed by atoms with van der Waals surface area (Å²) in [6, 6.07) is 10.7. The number of nitrogens with one attached hydrogen (secondary N) is 3. The fraction of sp³-hybridized carbons (Fsp3) is 0.273. The van der Waals surface area contributed by atoms with E-state index in [1.807, 2.05) is 6.92 Å². The number of alkyl halides is 3. The second-order valence-electron chi connectivity index (χ2n) is 7.56. The van der Waals surface area contributed by atoms with Crippen LogP contribution >= 0.6 is 0 Å². The average Bonchev–Trinajstić information content (AvgIpc) is 3.58. The molecule has 1 saturated carbocycles. The lowest BCUT2D eigenvalue weighted by Crippen LogP contribution is -2.30. The Labute approximate surface area is 182 Å². The highest BCUT2D eigenvalue weighted by atomic mass is 19.4. The Morgan fingerprint density at radius 1 is 1.06 bits per heavy atom. The number of carbonyl (C=O) groups excluding carboxylic acids is 1. The van der Waals surface area contributed by atoms with E-state index in [1.165, 1.54) is 12.4 Å². The number of halogens is 3. The fourth-order valence-electron chi connectivity index (χ4n) is 3.04. The van der Waals surface area contributed by atoms with Gasteiger partial charge in [0, 0.05) is 41.8 Å². The summed E-state index contributed by atoms with van der Waals surface area (Å²) in [5, 5.41) is 8.60. The van der Waals surface area contributed by atoms with Gasteiger partial charge in [0.25, 0.3) is 0 Å². The zero-order valence-corrected chi connectivity index (χ0v) is 17.1. The molecular weight excluding hydrogens is 421 g/mol. The van der Waals surface area contributed by atoms with Crippen molar-refractivity contribution in [2.24, 2.45) is 0 Å². The molecule has 3 N–H and O–H groups in total. The topological polar surface area (TPSA) is 91.8 Å². The molecule has 1 unspecified atom stereocenters. The van der Waals surface area contributed by atoms with Crippen molar-refractivity contribution in [3.05, 3.63) is 66.1 Å². The summed E-state index contributed by atoms with van der Waals surface area (Å²) in [5.74, 6) is 0.01000. The van der Waals surface area contributed by atoms with Crippen molar-refractivity contribution in [1.29, 1.82) is 0 Å². The van der Waals surface area contributed by atoms with Crippen LogP contribution in [0.15, 0.2) is 54.9 Å². The van der Waals surface area contributed by atoms with Crippen LogP contribution in [0.2, 0.25) is 0 Å². The van der Waals surface area contributed by atoms with Crippen LogP contribution in [0.3, 0.4) is 0 Å². The molecule has 0 saturated heterocycles. The van der Waals surface area contributed by atoms with E-state index in [0.717, 1.165) is 24.5 Å². The molecule has 2 heterocycles. The number of amides is 2. The standard InChI is InChI=1S/C22H21F3N6O/c1-13(14-2-4-16(5-3-14)28-21(32)29-17-6-7-17)27-19-12-18(22(23,24)25)30-20(31-19)15-8-10-26-11-9-15/h2-5,8-13,17H,6-7H2,1H3,(H,27,30,31)(H2,28,29,32). The molecule has 1 aromatic carbocycles. The van der Waals surface area contributed by atoms with Crippen LogP contribution in [0, 0.1) is 0 Å². The first-order valence-corrected chi connectivity index (χ1v) is 10.1. The maximum absolute atomic E-state index is 13.4. The summed E-state index contributed by atoms with van der Waals surface area (Å²) < 4.78 is 40.2. The molecule has 3 aromatic rings. The number of benzene rings is 1. The second kappa shape index (κ2) is 8.81. The largest absolute Gasteiger partial charge is 0.433 e. The number of urea groups is 1. The van der Waals surface area contributed by atoms with Gasteiger partial charge in [0.05, 0.1) is 0 Å². The molecule has 0 aliphatic heterocycles. The highest BCUT2D eigenvalue weighted by Gasteiger charge is 2.34. The summed E-state index contributed by atoms with van der Waals surface area (Å²) in [5.41, 5.74) is 0.841. The third-order valence-corrected chi connectivity index (χ3v) is 4.90. The van der Waals surface area contributed by atoms with E-state index in [0.29, 0.717) is 11.3 Å². The van der Waals surface area contributed by atoms with Gasteiger partial charge < -0.3 is 16.0 Å². The lowest BCUT2D eigenvalue weighted by atomic mass is 10.1. The van der Waals surface area contributed by atoms with Gasteiger partial charge in [-0.3, -0.25) is 4.98 Å². The van der Waals surface area contributed by atoms with Gasteiger partial charge in [0.15, 0.2) is 11.5 Å². The first-order valence-electron chi connectivity index (χ1n) is 10.1. The van der Waals surface area contributed by atoms with Crippen molar-refractivity contribution in [3.63, 3.8) is 0 Å². The minimum absolute atomic E-state index is 0.0434. The van der Waals surface area contributed by atoms with Gasteiger partial charge in [0.1, 0.15) is 5.82 Å². The van der Waals surface area contributed by atoms with E-state index in [2.05, 4.69) is 30.9 Å². The van der Waals surface area contributed by atoms with Crippen molar-refractivity contribution in [1.82, 2.24) is 20.3 Å². The molecule has 1 aliphatic rings. The van der Waals surface area contributed by atoms with E-state index in [1.54, 1.807) is 36.4 Å². The number of nitrogens with zero attached hydrogens (tertiary/aromatic N) is 3. The second-order valence-corrected chi connectivity index (χ2v) is 7.56. The number of aromatic nitrogens is 3. The van der Waals surface area contributed by atoms with Crippen LogP contribution in [0.4, 0.5) is 29.5 Å². The summed E-state index contributed by atoms with van der Waals surface area (Å²) in [7, 11) is 0. The molecule has 166 valence electrons. The van der Waals surface area contributed by atoms with Crippen LogP contribution in [0.1, 0.15) is 37.1 Å². The average molecular weight is 442 g/mol. The van der Waals surface area contributed by atoms with Crippen LogP contribution in [-0.4, -0.2) is 27.0 Å². The first kappa shape index (κ1) is 21.5. The smallest absolute Gasteiger partial charge is 0.363 e. The molecule has 1 atom stereocenters. The van der Waals surface area contributed by atoms with E-state index in [4.69, 9.17) is 0 Å². The van der Waals surface area contributed by atoms with Gasteiger partial charge in [0.2, 0.25) is 0 Å². The normalized spacial score (nSPS) is 14.5. The van der Waals surface area contributed by atoms with Gasteiger partial charge >= 0.3 is 12.2 Å². The van der Waals surface area contributed by atoms with Crippen molar-refractivity contribution in [2.75, 3.05) is 10.6 Å². The van der Waals surface area contributed by atoms with Gasteiger partial charge in [-0.2, -0.15) is 13.2 Å². The van der Waals surface area contributed by atoms with Gasteiger partial charge in [-0.25, -0.2) is 14.8 Å². The van der Waals surface area contributed by atoms with E-state index in [-0.39, 0.29) is 29.8 Å². The van der Waals surface area contributed by atoms with Crippen molar-refractivity contribution in [3.8, 4) is 11.4 Å². The number of hydrogen-bond acceptors (Lipinski definition) is 5. The van der Waals surface area contributed by atoms with E-state index >= 15 is 0 Å². The van der Waals surface area contributed by atoms with E-state index < -0.39 is 11.9 Å². The van der Waals surface area contributed by atoms with Crippen molar-refractivity contribution < 1.29 is 18.0 Å². The molecule has 7 nitrogen and oxygen atoms in total. The van der Waals surface area contributed by atoms with E-state index in [9.17, 15) is 18.0 Å². The lowest BCUT2D eigenvalue weighted by molar-refractivity contribution is -0.141. The first-order chi connectivity index (χ1) is 15.3. The number of carbonyl (C=O) groups is 1. The van der Waals surface area contributed by atoms with Crippen LogP contribution in [0.5, 0.6) is 0 Å². The number of anilines is 2. The molecular formula is C22H21F3N6O. The van der Waals surface area contributed by atoms with Gasteiger partial charge in [-0.15, -0.1) is 0 Å². The van der Waals surface area contributed by atoms with Gasteiger partial charge in [-0.1, -0.05) is 12.1 Å². The number of hydrogen-bond donors (Lipinski definition) is 3. The SMILES string of the molecule is CC(Nc1cc(C(F)(F)F)nc(-c2ccncc2)n1)c1ccc(NC(=O)NC2CC2)cc1. The summed E-state index contributed by atoms with van der Waals surface area (Å²) >= 11 is 0. The molecule has 10 heteroatoms.